The molecule has 0 spiro atoms. The van der Waals surface area contributed by atoms with Crippen molar-refractivity contribution in [2.24, 2.45) is 0 Å². The first-order valence-corrected chi connectivity index (χ1v) is 8.14. The van der Waals surface area contributed by atoms with Gasteiger partial charge in [-0.3, -0.25) is 0 Å². The van der Waals surface area contributed by atoms with Gasteiger partial charge >= 0.3 is 116 Å². The Hall–Kier alpha value is -0.676. The zero-order valence-electron chi connectivity index (χ0n) is 9.58. The topological polar surface area (TPSA) is 0 Å². The average molecular weight is 273 g/mol. The van der Waals surface area contributed by atoms with Gasteiger partial charge in [-0.15, -0.1) is 0 Å². The van der Waals surface area contributed by atoms with Crippen LogP contribution in [0.25, 0.3) is 0 Å². The molecule has 0 saturated heterocycles. The molecule has 0 atom stereocenters. The standard InChI is InChI=1S/C15H14P.Ti/c1-2-13-16(14-9-5-3-6-10-14)15-11-7-4-8-12-15;/h2-13H,1H2;. The molecule has 2 rings (SSSR count). The Morgan fingerprint density at radius 3 is 1.71 bits per heavy atom. The molecule has 0 aromatic heterocycles. The maximum atomic E-state index is 2.36. The minimum atomic E-state index is -0.337. The van der Waals surface area contributed by atoms with Crippen molar-refractivity contribution < 1.29 is 20.4 Å². The summed E-state index contributed by atoms with van der Waals surface area (Å²) in [5.74, 6) is 2.36. The van der Waals surface area contributed by atoms with Crippen LogP contribution < -0.4 is 10.6 Å². The monoisotopic (exact) mass is 273 g/mol. The predicted octanol–water partition coefficient (Wildman–Crippen LogP) is 3.60. The Bertz CT molecular complexity index is 425. The van der Waals surface area contributed by atoms with Gasteiger partial charge in [0.2, 0.25) is 0 Å². The molecule has 0 heterocycles. The Morgan fingerprint density at radius 2 is 1.29 bits per heavy atom. The van der Waals surface area contributed by atoms with Crippen molar-refractivity contribution >= 4 is 18.5 Å². The van der Waals surface area contributed by atoms with E-state index in [4.69, 9.17) is 0 Å². The quantitative estimate of drug-likeness (QED) is 0.590. The number of rotatable bonds is 4. The summed E-state index contributed by atoms with van der Waals surface area (Å²) in [7, 11) is -0.337. The Labute approximate surface area is 116 Å². The summed E-state index contributed by atoms with van der Waals surface area (Å²) in [4.78, 5) is 0. The van der Waals surface area contributed by atoms with Crippen molar-refractivity contribution in [2.75, 3.05) is 0 Å². The summed E-state index contributed by atoms with van der Waals surface area (Å²) in [6.45, 7) is 0. The molecular weight excluding hydrogens is 259 g/mol. The van der Waals surface area contributed by atoms with Gasteiger partial charge in [0.25, 0.3) is 0 Å². The molecule has 17 heavy (non-hydrogen) atoms. The molecule has 0 N–H and O–H groups in total. The van der Waals surface area contributed by atoms with Crippen LogP contribution in [0.15, 0.2) is 72.6 Å². The van der Waals surface area contributed by atoms with Gasteiger partial charge in [0.1, 0.15) is 0 Å². The van der Waals surface area contributed by atoms with Gasteiger partial charge in [-0.05, 0) is 0 Å². The van der Waals surface area contributed by atoms with Gasteiger partial charge in [-0.25, -0.2) is 0 Å². The van der Waals surface area contributed by atoms with Gasteiger partial charge in [-0.1, -0.05) is 0 Å². The van der Waals surface area contributed by atoms with Crippen LogP contribution in [-0.4, -0.2) is 0 Å². The first-order valence-electron chi connectivity index (χ1n) is 5.62. The fourth-order valence-electron chi connectivity index (χ4n) is 1.66. The van der Waals surface area contributed by atoms with Crippen molar-refractivity contribution in [3.05, 3.63) is 72.6 Å². The first kappa shape index (κ1) is 12.8. The molecule has 0 aliphatic carbocycles. The zero-order chi connectivity index (χ0) is 11.9. The molecule has 0 bridgehead atoms. The van der Waals surface area contributed by atoms with E-state index in [1.54, 1.807) is 0 Å². The van der Waals surface area contributed by atoms with Crippen LogP contribution in [0.5, 0.6) is 0 Å². The summed E-state index contributed by atoms with van der Waals surface area (Å²) in [5, 5.41) is 2.83. The summed E-state index contributed by atoms with van der Waals surface area (Å²) in [6.07, 6.45) is 2.27. The summed E-state index contributed by atoms with van der Waals surface area (Å²) >= 11 is 2.18. The molecule has 0 fully saturated rings. The predicted molar refractivity (Wildman–Crippen MR) is 73.0 cm³/mol. The van der Waals surface area contributed by atoms with E-state index in [1.807, 2.05) is 0 Å². The minimum absolute atomic E-state index is 0.337. The van der Waals surface area contributed by atoms with Crippen molar-refractivity contribution in [3.8, 4) is 0 Å². The van der Waals surface area contributed by atoms with Crippen molar-refractivity contribution in [1.82, 2.24) is 0 Å². The molecule has 2 heteroatoms. The van der Waals surface area contributed by atoms with E-state index in [0.717, 1.165) is 4.73 Å². The van der Waals surface area contributed by atoms with E-state index in [-0.39, 0.29) is 7.92 Å². The van der Waals surface area contributed by atoms with Gasteiger partial charge in [-0.2, -0.15) is 0 Å². The second kappa shape index (κ2) is 6.91. The van der Waals surface area contributed by atoms with E-state index in [1.165, 1.54) is 10.6 Å². The van der Waals surface area contributed by atoms with Crippen LogP contribution in [0.2, 0.25) is 4.73 Å². The molecule has 83 valence electrons. The average Bonchev–Trinajstić information content (AvgIpc) is 2.42. The molecule has 2 aromatic rings. The maximum absolute atomic E-state index is 2.36. The number of allylic oxidation sites excluding steroid dienone is 1. The van der Waals surface area contributed by atoms with Crippen LogP contribution in [0.3, 0.4) is 0 Å². The zero-order valence-corrected chi connectivity index (χ0v) is 12.0. The second-order valence-corrected chi connectivity index (χ2v) is 6.34. The van der Waals surface area contributed by atoms with Crippen LogP contribution in [-0.2, 0) is 20.4 Å². The molecule has 0 unspecified atom stereocenters. The van der Waals surface area contributed by atoms with E-state index in [9.17, 15) is 0 Å². The molecule has 2 aromatic carbocycles. The number of hydrogen-bond donors (Lipinski definition) is 0. The van der Waals surface area contributed by atoms with Crippen molar-refractivity contribution in [3.63, 3.8) is 0 Å². The molecule has 0 nitrogen and oxygen atoms in total. The number of benzene rings is 2. The Balaban J connectivity index is 2.36. The Morgan fingerprint density at radius 1 is 0.824 bits per heavy atom. The molecule has 0 radical (unpaired) electrons. The third-order valence-electron chi connectivity index (χ3n) is 2.44. The normalized spacial score (nSPS) is 11.1. The fourth-order valence-corrected chi connectivity index (χ4v) is 4.10. The van der Waals surface area contributed by atoms with Crippen molar-refractivity contribution in [2.45, 2.75) is 4.73 Å². The summed E-state index contributed by atoms with van der Waals surface area (Å²) < 4.78 is 1.10. The molecule has 0 saturated carbocycles. The van der Waals surface area contributed by atoms with Crippen molar-refractivity contribution in [1.29, 1.82) is 0 Å². The van der Waals surface area contributed by atoms with Crippen LogP contribution >= 0.6 is 7.92 Å². The summed E-state index contributed by atoms with van der Waals surface area (Å²) in [6, 6.07) is 21.5. The molecule has 0 amide bonds. The Kier molecular flexibility index (Phi) is 5.20. The summed E-state index contributed by atoms with van der Waals surface area (Å²) in [5.41, 5.74) is 0. The SMILES string of the molecule is [Ti][CH2]C=CP(c1ccccc1)c1ccccc1. The van der Waals surface area contributed by atoms with Gasteiger partial charge in [0.15, 0.2) is 0 Å². The van der Waals surface area contributed by atoms with Gasteiger partial charge < -0.3 is 0 Å². The molecule has 0 aliphatic heterocycles. The van der Waals surface area contributed by atoms with E-state index < -0.39 is 0 Å². The molecular formula is C15H14PTi. The van der Waals surface area contributed by atoms with Crippen LogP contribution in [0.1, 0.15) is 0 Å². The first-order chi connectivity index (χ1) is 8.42. The number of hydrogen-bond acceptors (Lipinski definition) is 0. The second-order valence-electron chi connectivity index (χ2n) is 3.63. The third-order valence-corrected chi connectivity index (χ3v) is 5.03. The molecule has 0 aliphatic rings. The van der Waals surface area contributed by atoms with Crippen LogP contribution in [0, 0.1) is 0 Å². The van der Waals surface area contributed by atoms with Gasteiger partial charge in [0.05, 0.1) is 0 Å². The van der Waals surface area contributed by atoms with Gasteiger partial charge in [0, 0.05) is 0 Å². The third kappa shape index (κ3) is 3.64. The van der Waals surface area contributed by atoms with E-state index in [2.05, 4.69) is 93.0 Å². The van der Waals surface area contributed by atoms with E-state index >= 15 is 0 Å². The van der Waals surface area contributed by atoms with Crippen LogP contribution in [0.4, 0.5) is 0 Å². The van der Waals surface area contributed by atoms with E-state index in [0.29, 0.717) is 0 Å². The fraction of sp³-hybridized carbons (Fsp3) is 0.0667.